The molecule has 0 saturated heterocycles. The Hall–Kier alpha value is -2.05. The second-order valence-electron chi connectivity index (χ2n) is 4.07. The molecule has 1 atom stereocenters. The minimum atomic E-state index is 0.0353. The van der Waals surface area contributed by atoms with E-state index in [1.807, 2.05) is 6.92 Å². The number of aromatic nitrogens is 4. The van der Waals surface area contributed by atoms with Crippen molar-refractivity contribution in [3.05, 3.63) is 11.8 Å². The van der Waals surface area contributed by atoms with Crippen LogP contribution in [0.3, 0.4) is 0 Å². The van der Waals surface area contributed by atoms with Gasteiger partial charge in [-0.2, -0.15) is 9.71 Å². The first-order chi connectivity index (χ1) is 8.65. The second kappa shape index (κ2) is 5.07. The number of hydrogen-bond donors (Lipinski definition) is 2. The third kappa shape index (κ3) is 2.29. The van der Waals surface area contributed by atoms with Gasteiger partial charge in [0, 0.05) is 0 Å². The Morgan fingerprint density at radius 3 is 3.00 bits per heavy atom. The van der Waals surface area contributed by atoms with E-state index in [1.165, 1.54) is 18.2 Å². The summed E-state index contributed by atoms with van der Waals surface area (Å²) < 4.78 is 6.32. The number of hydrogen-bond acceptors (Lipinski definition) is 5. The molecule has 0 radical (unpaired) electrons. The van der Waals surface area contributed by atoms with Gasteiger partial charge >= 0.3 is 0 Å². The lowest BCUT2D eigenvalue weighted by molar-refractivity contribution is 0.0332. The lowest BCUT2D eigenvalue weighted by Gasteiger charge is -2.14. The quantitative estimate of drug-likeness (QED) is 0.825. The van der Waals surface area contributed by atoms with Crippen molar-refractivity contribution < 1.29 is 9.57 Å². The first-order valence-corrected chi connectivity index (χ1v) is 5.88. The molecule has 0 amide bonds. The van der Waals surface area contributed by atoms with Crippen LogP contribution in [-0.2, 0) is 0 Å². The molecule has 0 bridgehead atoms. The maximum Gasteiger partial charge on any atom is 0.295 e. The number of imidazole rings is 1. The first-order valence-electron chi connectivity index (χ1n) is 5.88. The fourth-order valence-corrected chi connectivity index (χ4v) is 1.71. The first kappa shape index (κ1) is 12.4. The van der Waals surface area contributed by atoms with Crippen molar-refractivity contribution in [2.24, 2.45) is 0 Å². The van der Waals surface area contributed by atoms with E-state index in [2.05, 4.69) is 21.9 Å². The molecule has 98 valence electrons. The fourth-order valence-electron chi connectivity index (χ4n) is 1.71. The lowest BCUT2D eigenvalue weighted by Crippen LogP contribution is -2.32. The third-order valence-corrected chi connectivity index (χ3v) is 2.59. The molecule has 0 spiro atoms. The zero-order chi connectivity index (χ0) is 13.1. The van der Waals surface area contributed by atoms with Gasteiger partial charge < -0.3 is 14.6 Å². The fraction of sp³-hybridized carbons (Fsp3) is 0.545. The highest BCUT2D eigenvalue weighted by atomic mass is 16.7. The summed E-state index contributed by atoms with van der Waals surface area (Å²) in [5.74, 6) is 0. The molecule has 0 aliphatic heterocycles. The van der Waals surface area contributed by atoms with Crippen LogP contribution < -0.4 is 15.1 Å². The van der Waals surface area contributed by atoms with E-state index in [9.17, 15) is 0 Å². The van der Waals surface area contributed by atoms with Gasteiger partial charge in [-0.1, -0.05) is 13.3 Å². The summed E-state index contributed by atoms with van der Waals surface area (Å²) in [5.41, 5.74) is 1.12. The molecule has 0 saturated carbocycles. The van der Waals surface area contributed by atoms with E-state index < -0.39 is 0 Å². The van der Waals surface area contributed by atoms with Gasteiger partial charge in [0.2, 0.25) is 0 Å². The predicted octanol–water partition coefficient (Wildman–Crippen LogP) is 0.865. The Morgan fingerprint density at radius 1 is 1.56 bits per heavy atom. The van der Waals surface area contributed by atoms with Crippen molar-refractivity contribution in [3.63, 3.8) is 0 Å². The molecule has 7 nitrogen and oxygen atoms in total. The van der Waals surface area contributed by atoms with Crippen molar-refractivity contribution >= 4 is 11.2 Å². The van der Waals surface area contributed by atoms with Gasteiger partial charge in [0.05, 0.1) is 7.11 Å². The average Bonchev–Trinajstić information content (AvgIpc) is 2.77. The molecular formula is C11H17N5O2. The standard InChI is InChI=1S/C11H17N5O2/c1-4-5-7(2)18-16-6-13-10-8(9(16)12)14-11(15-10)17-3/h6-7,12H,4-5H2,1-3H3,(H,14,15)/t7-/m0/s1. The number of aromatic amines is 1. The monoisotopic (exact) mass is 251 g/mol. The molecule has 2 rings (SSSR count). The van der Waals surface area contributed by atoms with Gasteiger partial charge in [-0.3, -0.25) is 5.41 Å². The molecule has 2 aromatic rings. The Labute approximate surface area is 104 Å². The molecule has 7 heteroatoms. The van der Waals surface area contributed by atoms with Crippen LogP contribution in [0, 0.1) is 5.41 Å². The highest BCUT2D eigenvalue weighted by Gasteiger charge is 2.10. The molecule has 0 aromatic carbocycles. The summed E-state index contributed by atoms with van der Waals surface area (Å²) in [6, 6.07) is 0.338. The van der Waals surface area contributed by atoms with Gasteiger partial charge in [0.15, 0.2) is 11.1 Å². The Bertz CT molecular complexity index is 589. The van der Waals surface area contributed by atoms with Crippen molar-refractivity contribution in [3.8, 4) is 6.01 Å². The van der Waals surface area contributed by atoms with E-state index in [0.29, 0.717) is 17.2 Å². The van der Waals surface area contributed by atoms with E-state index in [-0.39, 0.29) is 11.6 Å². The number of fused-ring (bicyclic) bond motifs is 1. The van der Waals surface area contributed by atoms with Crippen molar-refractivity contribution in [1.29, 1.82) is 5.41 Å². The Balaban J connectivity index is 2.35. The van der Waals surface area contributed by atoms with E-state index in [4.69, 9.17) is 15.0 Å². The van der Waals surface area contributed by atoms with Crippen LogP contribution in [0.25, 0.3) is 11.2 Å². The van der Waals surface area contributed by atoms with Gasteiger partial charge in [0.25, 0.3) is 6.01 Å². The zero-order valence-corrected chi connectivity index (χ0v) is 10.7. The van der Waals surface area contributed by atoms with Crippen LogP contribution in [0.15, 0.2) is 6.33 Å². The molecule has 0 aliphatic carbocycles. The number of H-pyrrole nitrogens is 1. The van der Waals surface area contributed by atoms with Gasteiger partial charge in [-0.15, -0.1) is 0 Å². The topological polar surface area (TPSA) is 88.8 Å². The van der Waals surface area contributed by atoms with Crippen molar-refractivity contribution in [2.45, 2.75) is 32.8 Å². The highest BCUT2D eigenvalue weighted by Crippen LogP contribution is 2.08. The molecule has 0 aliphatic rings. The minimum absolute atomic E-state index is 0.0353. The number of rotatable bonds is 5. The zero-order valence-electron chi connectivity index (χ0n) is 10.7. The maximum atomic E-state index is 8.02. The maximum absolute atomic E-state index is 8.02. The number of nitrogens with one attached hydrogen (secondary N) is 2. The molecular weight excluding hydrogens is 234 g/mol. The molecule has 2 aromatic heterocycles. The largest absolute Gasteiger partial charge is 0.468 e. The summed E-state index contributed by atoms with van der Waals surface area (Å²) in [6.45, 7) is 4.06. The third-order valence-electron chi connectivity index (χ3n) is 2.59. The normalized spacial score (nSPS) is 12.6. The van der Waals surface area contributed by atoms with Crippen LogP contribution >= 0.6 is 0 Å². The van der Waals surface area contributed by atoms with Gasteiger partial charge in [0.1, 0.15) is 17.9 Å². The number of ether oxygens (including phenoxy) is 1. The van der Waals surface area contributed by atoms with E-state index >= 15 is 0 Å². The summed E-state index contributed by atoms with van der Waals surface area (Å²) >= 11 is 0. The predicted molar refractivity (Wildman–Crippen MR) is 65.2 cm³/mol. The summed E-state index contributed by atoms with van der Waals surface area (Å²) in [4.78, 5) is 16.7. The Morgan fingerprint density at radius 2 is 2.33 bits per heavy atom. The van der Waals surface area contributed by atoms with Crippen LogP contribution in [0.4, 0.5) is 0 Å². The average molecular weight is 251 g/mol. The minimum Gasteiger partial charge on any atom is -0.468 e. The Kier molecular flexibility index (Phi) is 3.50. The SMILES string of the molecule is CCC[C@H](C)On1cnc2nc(OC)[nH]c2c1=N. The van der Waals surface area contributed by atoms with Crippen LogP contribution in [0.5, 0.6) is 6.01 Å². The van der Waals surface area contributed by atoms with Crippen LogP contribution in [-0.4, -0.2) is 32.9 Å². The smallest absolute Gasteiger partial charge is 0.295 e. The van der Waals surface area contributed by atoms with E-state index in [1.54, 1.807) is 0 Å². The van der Waals surface area contributed by atoms with Gasteiger partial charge in [-0.05, 0) is 13.3 Å². The number of nitrogens with zero attached hydrogens (tertiary/aromatic N) is 3. The van der Waals surface area contributed by atoms with Crippen molar-refractivity contribution in [1.82, 2.24) is 19.7 Å². The molecule has 2 heterocycles. The van der Waals surface area contributed by atoms with E-state index in [0.717, 1.165) is 12.8 Å². The molecule has 2 N–H and O–H groups in total. The van der Waals surface area contributed by atoms with Crippen LogP contribution in [0.2, 0.25) is 0 Å². The summed E-state index contributed by atoms with van der Waals surface area (Å²) in [5, 5.41) is 8.02. The van der Waals surface area contributed by atoms with Crippen molar-refractivity contribution in [2.75, 3.05) is 7.11 Å². The lowest BCUT2D eigenvalue weighted by atomic mass is 10.2. The van der Waals surface area contributed by atoms with Gasteiger partial charge in [-0.25, -0.2) is 4.98 Å². The molecule has 0 unspecified atom stereocenters. The summed E-state index contributed by atoms with van der Waals surface area (Å²) in [6.07, 6.45) is 3.45. The molecule has 18 heavy (non-hydrogen) atoms. The molecule has 0 fully saturated rings. The van der Waals surface area contributed by atoms with Crippen LogP contribution in [0.1, 0.15) is 26.7 Å². The summed E-state index contributed by atoms with van der Waals surface area (Å²) in [7, 11) is 1.51. The second-order valence-corrected chi connectivity index (χ2v) is 4.07. The highest BCUT2D eigenvalue weighted by molar-refractivity contribution is 5.68. The number of methoxy groups -OCH3 is 1.